The van der Waals surface area contributed by atoms with Crippen LogP contribution in [-0.4, -0.2) is 47.9 Å². The average Bonchev–Trinajstić information content (AvgIpc) is 2.58. The minimum absolute atomic E-state index is 0.0155. The van der Waals surface area contributed by atoms with Crippen LogP contribution in [0.5, 0.6) is 0 Å². The van der Waals surface area contributed by atoms with Crippen molar-refractivity contribution in [1.29, 1.82) is 0 Å². The highest BCUT2D eigenvalue weighted by Crippen LogP contribution is 2.46. The molecule has 2 rings (SSSR count). The lowest BCUT2D eigenvalue weighted by atomic mass is 9.64. The van der Waals surface area contributed by atoms with Gasteiger partial charge in [-0.15, -0.1) is 0 Å². The van der Waals surface area contributed by atoms with E-state index in [4.69, 9.17) is 5.73 Å². The van der Waals surface area contributed by atoms with E-state index in [1.807, 2.05) is 0 Å². The van der Waals surface area contributed by atoms with E-state index < -0.39 is 11.6 Å². The van der Waals surface area contributed by atoms with E-state index in [1.54, 1.807) is 0 Å². The molecule has 0 bridgehead atoms. The van der Waals surface area contributed by atoms with Crippen molar-refractivity contribution >= 4 is 17.8 Å². The van der Waals surface area contributed by atoms with E-state index >= 15 is 0 Å². The Morgan fingerprint density at radius 2 is 2.09 bits per heavy atom. The van der Waals surface area contributed by atoms with Gasteiger partial charge < -0.3 is 16.4 Å². The fourth-order valence-corrected chi connectivity index (χ4v) is 4.06. The normalized spacial score (nSPS) is 30.5. The van der Waals surface area contributed by atoms with Gasteiger partial charge in [0.25, 0.3) is 5.91 Å². The summed E-state index contributed by atoms with van der Waals surface area (Å²) in [5.74, 6) is -0.298. The van der Waals surface area contributed by atoms with Crippen molar-refractivity contribution in [3.8, 4) is 0 Å². The largest absolute Gasteiger partial charge is 0.353 e. The van der Waals surface area contributed by atoms with Crippen LogP contribution in [0.1, 0.15) is 40.0 Å². The lowest BCUT2D eigenvalue weighted by molar-refractivity contribution is -0.137. The lowest BCUT2D eigenvalue weighted by Gasteiger charge is -2.43. The first-order valence-corrected chi connectivity index (χ1v) is 7.80. The van der Waals surface area contributed by atoms with Crippen molar-refractivity contribution in [2.24, 2.45) is 17.1 Å². The monoisotopic (exact) mass is 310 g/mol. The molecule has 0 aromatic rings. The Bertz CT molecular complexity index is 491. The molecule has 1 heterocycles. The Hall–Kier alpha value is -1.63. The fourth-order valence-electron chi connectivity index (χ4n) is 4.06. The molecule has 1 spiro atoms. The summed E-state index contributed by atoms with van der Waals surface area (Å²) >= 11 is 0. The summed E-state index contributed by atoms with van der Waals surface area (Å²) < 4.78 is 0. The van der Waals surface area contributed by atoms with Gasteiger partial charge in [-0.1, -0.05) is 20.8 Å². The summed E-state index contributed by atoms with van der Waals surface area (Å²) in [4.78, 5) is 37.7. The number of amides is 4. The molecule has 1 aliphatic heterocycles. The minimum Gasteiger partial charge on any atom is -0.353 e. The van der Waals surface area contributed by atoms with Gasteiger partial charge in [0.15, 0.2) is 0 Å². The zero-order valence-electron chi connectivity index (χ0n) is 13.6. The number of nitrogens with two attached hydrogens (primary N) is 1. The molecule has 4 N–H and O–H groups in total. The van der Waals surface area contributed by atoms with Crippen LogP contribution in [0.3, 0.4) is 0 Å². The van der Waals surface area contributed by atoms with Crippen LogP contribution >= 0.6 is 0 Å². The number of hydrogen-bond donors (Lipinski definition) is 3. The molecule has 4 amide bonds. The molecular formula is C15H26N4O3. The van der Waals surface area contributed by atoms with Crippen LogP contribution in [0.25, 0.3) is 0 Å². The summed E-state index contributed by atoms with van der Waals surface area (Å²) in [5.41, 5.74) is 4.45. The maximum absolute atomic E-state index is 12.8. The standard InChI is InChI=1S/C15H26N4O3/c1-10-6-14(2,3)9-15(7-10)12(21)19(13(22)18-15)8-11(20)17-5-4-16/h10H,4-9,16H2,1-3H3,(H,17,20)(H,18,22). The van der Waals surface area contributed by atoms with Crippen LogP contribution in [0.2, 0.25) is 0 Å². The summed E-state index contributed by atoms with van der Waals surface area (Å²) in [6.45, 7) is 6.72. The van der Waals surface area contributed by atoms with Gasteiger partial charge in [0.2, 0.25) is 5.91 Å². The Labute approximate surface area is 131 Å². The highest BCUT2D eigenvalue weighted by molar-refractivity contribution is 6.09. The zero-order chi connectivity index (χ0) is 16.5. The average molecular weight is 310 g/mol. The summed E-state index contributed by atoms with van der Waals surface area (Å²) in [5, 5.41) is 5.43. The van der Waals surface area contributed by atoms with Crippen molar-refractivity contribution in [3.63, 3.8) is 0 Å². The second-order valence-corrected chi connectivity index (χ2v) is 7.40. The SMILES string of the molecule is CC1CC(C)(C)CC2(C1)NC(=O)N(CC(=O)NCCN)C2=O. The molecule has 2 aliphatic rings. The molecule has 0 aromatic carbocycles. The Kier molecular flexibility index (Phi) is 4.47. The van der Waals surface area contributed by atoms with Crippen LogP contribution in [0.4, 0.5) is 4.79 Å². The predicted octanol–water partition coefficient (Wildman–Crippen LogP) is 0.198. The van der Waals surface area contributed by atoms with Crippen molar-refractivity contribution in [1.82, 2.24) is 15.5 Å². The minimum atomic E-state index is -0.855. The van der Waals surface area contributed by atoms with Crippen LogP contribution < -0.4 is 16.4 Å². The van der Waals surface area contributed by atoms with Crippen LogP contribution in [0, 0.1) is 11.3 Å². The number of carbonyl (C=O) groups is 3. The van der Waals surface area contributed by atoms with Gasteiger partial charge in [-0.25, -0.2) is 4.79 Å². The van der Waals surface area contributed by atoms with Gasteiger partial charge in [-0.2, -0.15) is 0 Å². The maximum atomic E-state index is 12.8. The number of nitrogens with one attached hydrogen (secondary N) is 2. The van der Waals surface area contributed by atoms with E-state index in [-0.39, 0.29) is 23.8 Å². The summed E-state index contributed by atoms with van der Waals surface area (Å²) in [6, 6.07) is -0.474. The third kappa shape index (κ3) is 3.24. The first-order valence-electron chi connectivity index (χ1n) is 7.80. The van der Waals surface area contributed by atoms with Crippen molar-refractivity contribution < 1.29 is 14.4 Å². The molecule has 1 saturated carbocycles. The first kappa shape index (κ1) is 16.7. The summed E-state index contributed by atoms with van der Waals surface area (Å²) in [6.07, 6.45) is 2.26. The summed E-state index contributed by atoms with van der Waals surface area (Å²) in [7, 11) is 0. The smallest absolute Gasteiger partial charge is 0.325 e. The molecule has 1 aliphatic carbocycles. The van der Waals surface area contributed by atoms with Gasteiger partial charge in [-0.3, -0.25) is 14.5 Å². The van der Waals surface area contributed by atoms with Gasteiger partial charge >= 0.3 is 6.03 Å². The molecular weight excluding hydrogens is 284 g/mol. The number of imide groups is 1. The Morgan fingerprint density at radius 1 is 1.41 bits per heavy atom. The molecule has 2 atom stereocenters. The fraction of sp³-hybridized carbons (Fsp3) is 0.800. The van der Waals surface area contributed by atoms with E-state index in [1.165, 1.54) is 0 Å². The lowest BCUT2D eigenvalue weighted by Crippen LogP contribution is -2.54. The van der Waals surface area contributed by atoms with Gasteiger partial charge in [0.1, 0.15) is 12.1 Å². The van der Waals surface area contributed by atoms with Crippen molar-refractivity contribution in [3.05, 3.63) is 0 Å². The molecule has 1 saturated heterocycles. The quantitative estimate of drug-likeness (QED) is 0.645. The molecule has 2 fully saturated rings. The maximum Gasteiger partial charge on any atom is 0.325 e. The molecule has 7 nitrogen and oxygen atoms in total. The number of carbonyl (C=O) groups excluding carboxylic acids is 3. The molecule has 124 valence electrons. The molecule has 22 heavy (non-hydrogen) atoms. The van der Waals surface area contributed by atoms with Crippen LogP contribution in [-0.2, 0) is 9.59 Å². The molecule has 0 aromatic heterocycles. The van der Waals surface area contributed by atoms with Gasteiger partial charge in [-0.05, 0) is 30.6 Å². The topological polar surface area (TPSA) is 105 Å². The first-order chi connectivity index (χ1) is 10.2. The number of urea groups is 1. The van der Waals surface area contributed by atoms with E-state index in [2.05, 4.69) is 31.4 Å². The molecule has 0 radical (unpaired) electrons. The third-order valence-electron chi connectivity index (χ3n) is 4.39. The molecule has 7 heteroatoms. The number of rotatable bonds is 4. The second-order valence-electron chi connectivity index (χ2n) is 7.40. The van der Waals surface area contributed by atoms with Gasteiger partial charge in [0.05, 0.1) is 0 Å². The van der Waals surface area contributed by atoms with Crippen LogP contribution in [0.15, 0.2) is 0 Å². The predicted molar refractivity (Wildman–Crippen MR) is 81.8 cm³/mol. The van der Waals surface area contributed by atoms with E-state index in [9.17, 15) is 14.4 Å². The second kappa shape index (κ2) is 5.87. The van der Waals surface area contributed by atoms with E-state index in [0.717, 1.165) is 11.3 Å². The number of nitrogens with zero attached hydrogens (tertiary/aromatic N) is 1. The zero-order valence-corrected chi connectivity index (χ0v) is 13.6. The Morgan fingerprint density at radius 3 is 2.68 bits per heavy atom. The highest BCUT2D eigenvalue weighted by Gasteiger charge is 2.56. The van der Waals surface area contributed by atoms with Crippen molar-refractivity contribution in [2.45, 2.75) is 45.6 Å². The molecule has 2 unspecified atom stereocenters. The van der Waals surface area contributed by atoms with Crippen molar-refractivity contribution in [2.75, 3.05) is 19.6 Å². The third-order valence-corrected chi connectivity index (χ3v) is 4.39. The highest BCUT2D eigenvalue weighted by atomic mass is 16.2. The van der Waals surface area contributed by atoms with Gasteiger partial charge in [0, 0.05) is 13.1 Å². The van der Waals surface area contributed by atoms with E-state index in [0.29, 0.717) is 31.8 Å². The Balaban J connectivity index is 2.12. The number of hydrogen-bond acceptors (Lipinski definition) is 4.